The molecule has 2 aromatic rings. The molecule has 14 nitrogen and oxygen atoms in total. The van der Waals surface area contributed by atoms with Crippen LogP contribution in [0.25, 0.3) is 0 Å². The summed E-state index contributed by atoms with van der Waals surface area (Å²) in [5.74, 6) is 1.57. The Morgan fingerprint density at radius 1 is 0.468 bits per heavy atom. The van der Waals surface area contributed by atoms with Crippen molar-refractivity contribution in [1.29, 1.82) is 0 Å². The van der Waals surface area contributed by atoms with Gasteiger partial charge in [-0.15, -0.1) is 0 Å². The second-order valence-electron chi connectivity index (χ2n) is 16.9. The fourth-order valence-corrected chi connectivity index (χ4v) is 9.60. The highest BCUT2D eigenvalue weighted by Crippen LogP contribution is 2.41. The van der Waals surface area contributed by atoms with E-state index in [1.54, 1.807) is 24.3 Å². The van der Waals surface area contributed by atoms with Gasteiger partial charge in [0, 0.05) is 36.1 Å². The van der Waals surface area contributed by atoms with Crippen LogP contribution in [-0.2, 0) is 19.1 Å². The first-order chi connectivity index (χ1) is 30.0. The van der Waals surface area contributed by atoms with Gasteiger partial charge in [-0.1, -0.05) is 51.4 Å². The second-order valence-corrected chi connectivity index (χ2v) is 16.9. The molecule has 0 unspecified atom stereocenters. The van der Waals surface area contributed by atoms with Crippen LogP contribution < -0.4 is 28.4 Å². The van der Waals surface area contributed by atoms with Gasteiger partial charge in [0.05, 0.1) is 54.7 Å². The molecule has 14 heteroatoms. The molecular formula is C48H70N2O12. The third-order valence-electron chi connectivity index (χ3n) is 13.0. The molecule has 6 aliphatic heterocycles. The van der Waals surface area contributed by atoms with Crippen LogP contribution in [0.5, 0.6) is 34.5 Å². The van der Waals surface area contributed by atoms with Gasteiger partial charge in [0.1, 0.15) is 12.2 Å². The van der Waals surface area contributed by atoms with Crippen molar-refractivity contribution in [3.8, 4) is 34.5 Å². The molecular weight excluding hydrogens is 797 g/mol. The Morgan fingerprint density at radius 3 is 1.11 bits per heavy atom. The maximum absolute atomic E-state index is 14.4. The molecule has 6 heterocycles. The molecule has 0 saturated carbocycles. The predicted octanol–water partition coefficient (Wildman–Crippen LogP) is 8.72. The number of ether oxygens (including phenoxy) is 8. The number of esters is 2. The number of benzene rings is 2. The lowest BCUT2D eigenvalue weighted by Crippen LogP contribution is -2.55. The molecule has 6 aliphatic rings. The van der Waals surface area contributed by atoms with E-state index in [2.05, 4.69) is 0 Å². The largest absolute Gasteiger partial charge is 0.493 e. The van der Waals surface area contributed by atoms with Crippen LogP contribution in [0.15, 0.2) is 24.3 Å². The number of methoxy groups -OCH3 is 6. The first-order valence-electron chi connectivity index (χ1n) is 22.6. The molecule has 0 aliphatic carbocycles. The number of carbonyl (C=O) groups is 4. The molecule has 2 aromatic carbocycles. The van der Waals surface area contributed by atoms with Crippen molar-refractivity contribution in [2.75, 3.05) is 42.7 Å². The van der Waals surface area contributed by atoms with E-state index in [0.717, 1.165) is 77.0 Å². The van der Waals surface area contributed by atoms with E-state index >= 15 is 0 Å². The molecule has 2 amide bonds. The zero-order chi connectivity index (χ0) is 44.8. The Balaban J connectivity index is 1.29. The van der Waals surface area contributed by atoms with Gasteiger partial charge in [-0.05, 0) is 89.5 Å². The van der Waals surface area contributed by atoms with Crippen LogP contribution in [0.1, 0.15) is 150 Å². The molecule has 0 spiro atoms. The van der Waals surface area contributed by atoms with Gasteiger partial charge in [-0.25, -0.2) is 0 Å². The minimum atomic E-state index is -0.425. The minimum Gasteiger partial charge on any atom is -0.493 e. The number of hydrogen-bond acceptors (Lipinski definition) is 12. The highest BCUT2D eigenvalue weighted by Gasteiger charge is 2.41. The van der Waals surface area contributed by atoms with Crippen molar-refractivity contribution in [2.45, 2.75) is 166 Å². The number of carbonyl (C=O) groups excluding carboxylic acids is 4. The third-order valence-corrected chi connectivity index (χ3v) is 13.0. The molecule has 344 valence electrons. The van der Waals surface area contributed by atoms with Gasteiger partial charge >= 0.3 is 11.9 Å². The van der Waals surface area contributed by atoms with Crippen LogP contribution in [0.4, 0.5) is 0 Å². The van der Waals surface area contributed by atoms with Crippen molar-refractivity contribution in [3.05, 3.63) is 35.4 Å². The average molecular weight is 867 g/mol. The average Bonchev–Trinajstić information content (AvgIpc) is 3.28. The fraction of sp³-hybridized carbons (Fsp3) is 0.667. The maximum atomic E-state index is 14.4. The lowest BCUT2D eigenvalue weighted by atomic mass is 9.89. The van der Waals surface area contributed by atoms with E-state index in [0.29, 0.717) is 84.1 Å². The van der Waals surface area contributed by atoms with Crippen molar-refractivity contribution < 1.29 is 57.1 Å². The second kappa shape index (κ2) is 23.5. The molecule has 0 radical (unpaired) electrons. The number of hydrogen-bond donors (Lipinski definition) is 0. The summed E-state index contributed by atoms with van der Waals surface area (Å²) < 4.78 is 45.5. The number of piperidine rings is 2. The maximum Gasteiger partial charge on any atom is 0.306 e. The smallest absolute Gasteiger partial charge is 0.306 e. The van der Waals surface area contributed by atoms with Gasteiger partial charge in [0.25, 0.3) is 11.8 Å². The Labute approximate surface area is 368 Å². The van der Waals surface area contributed by atoms with E-state index in [4.69, 9.17) is 37.9 Å². The van der Waals surface area contributed by atoms with Crippen molar-refractivity contribution in [1.82, 2.24) is 9.80 Å². The number of amides is 2. The van der Waals surface area contributed by atoms with Crippen LogP contribution in [0.2, 0.25) is 0 Å². The molecule has 0 aromatic heterocycles. The highest BCUT2D eigenvalue weighted by molar-refractivity contribution is 5.97. The zero-order valence-corrected chi connectivity index (χ0v) is 38.3. The summed E-state index contributed by atoms with van der Waals surface area (Å²) in [6.45, 7) is 3.95. The summed E-state index contributed by atoms with van der Waals surface area (Å²) in [6.07, 6.45) is 12.9. The fourth-order valence-electron chi connectivity index (χ4n) is 9.60. The van der Waals surface area contributed by atoms with Gasteiger partial charge < -0.3 is 47.7 Å². The van der Waals surface area contributed by atoms with Crippen LogP contribution in [0.3, 0.4) is 0 Å². The van der Waals surface area contributed by atoms with Crippen LogP contribution >= 0.6 is 0 Å². The van der Waals surface area contributed by atoms with Crippen molar-refractivity contribution in [2.24, 2.45) is 0 Å². The zero-order valence-electron chi connectivity index (χ0n) is 38.3. The first kappa shape index (κ1) is 48.2. The van der Waals surface area contributed by atoms with Gasteiger partial charge in [0.2, 0.25) is 11.5 Å². The Morgan fingerprint density at radius 2 is 0.790 bits per heavy atom. The third kappa shape index (κ3) is 11.8. The summed E-state index contributed by atoms with van der Waals surface area (Å²) in [5, 5.41) is 0. The molecule has 4 bridgehead atoms. The lowest BCUT2D eigenvalue weighted by Gasteiger charge is -2.45. The minimum absolute atomic E-state index is 0.0441. The van der Waals surface area contributed by atoms with E-state index in [1.165, 1.54) is 42.7 Å². The van der Waals surface area contributed by atoms with E-state index in [9.17, 15) is 19.2 Å². The Bertz CT molecular complexity index is 1640. The molecule has 62 heavy (non-hydrogen) atoms. The van der Waals surface area contributed by atoms with Crippen molar-refractivity contribution in [3.63, 3.8) is 0 Å². The van der Waals surface area contributed by atoms with Crippen molar-refractivity contribution >= 4 is 23.8 Å². The molecule has 6 atom stereocenters. The summed E-state index contributed by atoms with van der Waals surface area (Å²) >= 11 is 0. The molecule has 8 rings (SSSR count). The van der Waals surface area contributed by atoms with Crippen LogP contribution in [0, 0.1) is 0 Å². The topological polar surface area (TPSA) is 149 Å². The van der Waals surface area contributed by atoms with E-state index in [1.807, 2.05) is 23.6 Å². The number of rotatable bonds is 8. The van der Waals surface area contributed by atoms with E-state index in [-0.39, 0.29) is 47.9 Å². The van der Waals surface area contributed by atoms with Gasteiger partial charge in [-0.2, -0.15) is 0 Å². The SMILES string of the molecule is COc1cc(C(=O)N2[C@@H]3CCCCCCCC(=O)O[C@H]4CC[C@@H](CCCCCCCC(=O)O[C@@H](CC3)[C@@H]2C)N(C(=O)c2cc(OC)c(OC)c(OC)c2)[C@H]4C)cc(OC)c1OC. The van der Waals surface area contributed by atoms with Gasteiger partial charge in [-0.3, -0.25) is 19.2 Å². The Hall–Kier alpha value is -4.88. The predicted molar refractivity (Wildman–Crippen MR) is 234 cm³/mol. The van der Waals surface area contributed by atoms with Gasteiger partial charge in [0.15, 0.2) is 23.0 Å². The summed E-state index contributed by atoms with van der Waals surface area (Å²) in [5.41, 5.74) is 0.825. The van der Waals surface area contributed by atoms with E-state index < -0.39 is 12.2 Å². The number of nitrogens with zero attached hydrogens (tertiary/aromatic N) is 2. The molecule has 6 fully saturated rings. The molecule has 0 N–H and O–H groups in total. The quantitative estimate of drug-likeness (QED) is 0.234. The Kier molecular flexibility index (Phi) is 18.3. The summed E-state index contributed by atoms with van der Waals surface area (Å²) in [4.78, 5) is 59.2. The summed E-state index contributed by atoms with van der Waals surface area (Å²) in [6, 6.07) is 5.94. The summed E-state index contributed by atoms with van der Waals surface area (Å²) in [7, 11) is 9.15. The molecule has 6 saturated heterocycles. The standard InChI is InChI=1S/C48H70N2O12/c1-31-37-25-23-35(49(31)47(53)33-27-39(55-3)45(59-7)40(28-33)56-4)19-15-11-9-14-18-22-44(52)62-38-26-24-36(20-16-12-10-13-17-21-43(51)61-37)50(32(38)2)48(54)34-29-41(57-5)46(60-8)42(30-34)58-6/h27-32,35-38H,9-26H2,1-8H3/t31-,32-,35+,36+,37-,38-/m0/s1. The van der Waals surface area contributed by atoms with Crippen LogP contribution in [-0.4, -0.2) is 113 Å². The lowest BCUT2D eigenvalue weighted by molar-refractivity contribution is -0.156. The monoisotopic (exact) mass is 866 g/mol. The highest BCUT2D eigenvalue weighted by atomic mass is 16.6. The first-order valence-corrected chi connectivity index (χ1v) is 22.6. The normalized spacial score (nSPS) is 25.0.